The van der Waals surface area contributed by atoms with Crippen LogP contribution in [0.15, 0.2) is 42.5 Å². The van der Waals surface area contributed by atoms with Gasteiger partial charge in [0, 0.05) is 27.8 Å². The van der Waals surface area contributed by atoms with Crippen molar-refractivity contribution in [1.29, 1.82) is 0 Å². The fraction of sp³-hybridized carbons (Fsp3) is 0.0667. The summed E-state index contributed by atoms with van der Waals surface area (Å²) in [7, 11) is 0. The van der Waals surface area contributed by atoms with Gasteiger partial charge in [-0.2, -0.15) is 0 Å². The third kappa shape index (κ3) is 1.62. The van der Waals surface area contributed by atoms with Crippen LogP contribution in [0.4, 0.5) is 0 Å². The molecular weight excluding hydrogens is 244 g/mol. The van der Waals surface area contributed by atoms with Gasteiger partial charge < -0.3 is 10.2 Å². The normalized spacial score (nSPS) is 13.4. The van der Waals surface area contributed by atoms with E-state index in [1.807, 2.05) is 0 Å². The van der Waals surface area contributed by atoms with Gasteiger partial charge in [-0.05, 0) is 0 Å². The molecule has 19 heavy (non-hydrogen) atoms. The predicted molar refractivity (Wildman–Crippen MR) is 66.9 cm³/mol. The molecule has 94 valence electrons. The van der Waals surface area contributed by atoms with Gasteiger partial charge in [0.05, 0.1) is 0 Å². The zero-order valence-electron chi connectivity index (χ0n) is 9.83. The smallest absolute Gasteiger partial charge is 0.194 e. The molecule has 0 unspecified atom stereocenters. The summed E-state index contributed by atoms with van der Waals surface area (Å²) < 4.78 is 0. The van der Waals surface area contributed by atoms with E-state index in [9.17, 15) is 19.8 Å². The van der Waals surface area contributed by atoms with Crippen molar-refractivity contribution in [2.24, 2.45) is 0 Å². The summed E-state index contributed by atoms with van der Waals surface area (Å²) in [5, 5.41) is 18.6. The van der Waals surface area contributed by atoms with Gasteiger partial charge in [0.15, 0.2) is 17.9 Å². The molecule has 3 rings (SSSR count). The molecule has 2 aromatic rings. The van der Waals surface area contributed by atoms with Crippen LogP contribution in [0.1, 0.15) is 43.7 Å². The number of hydrogen-bond donors (Lipinski definition) is 2. The molecule has 0 atom stereocenters. The average molecular weight is 254 g/mol. The Balaban J connectivity index is 2.33. The first-order valence-electron chi connectivity index (χ1n) is 5.78. The monoisotopic (exact) mass is 254 g/mol. The minimum absolute atomic E-state index is 0.0605. The Labute approximate surface area is 108 Å². The molecule has 0 spiro atoms. The molecule has 0 bridgehead atoms. The van der Waals surface area contributed by atoms with Crippen LogP contribution in [-0.4, -0.2) is 21.8 Å². The van der Waals surface area contributed by atoms with Crippen molar-refractivity contribution in [3.63, 3.8) is 0 Å². The van der Waals surface area contributed by atoms with Crippen LogP contribution in [0, 0.1) is 0 Å². The van der Waals surface area contributed by atoms with E-state index in [0.717, 1.165) is 0 Å². The van der Waals surface area contributed by atoms with Gasteiger partial charge in [-0.1, -0.05) is 42.5 Å². The van der Waals surface area contributed by atoms with Crippen LogP contribution in [0.25, 0.3) is 0 Å². The minimum Gasteiger partial charge on any atom is -0.364 e. The number of rotatable bonds is 1. The van der Waals surface area contributed by atoms with Crippen LogP contribution in [-0.2, 0) is 0 Å². The topological polar surface area (TPSA) is 74.6 Å². The quantitative estimate of drug-likeness (QED) is 0.644. The van der Waals surface area contributed by atoms with Gasteiger partial charge >= 0.3 is 0 Å². The predicted octanol–water partition coefficient (Wildman–Crippen LogP) is 1.45. The van der Waals surface area contributed by atoms with Crippen molar-refractivity contribution in [1.82, 2.24) is 0 Å². The molecule has 4 heteroatoms. The molecule has 0 saturated carbocycles. The zero-order chi connectivity index (χ0) is 13.6. The van der Waals surface area contributed by atoms with Gasteiger partial charge in [-0.25, -0.2) is 0 Å². The molecule has 0 saturated heterocycles. The van der Waals surface area contributed by atoms with Crippen molar-refractivity contribution in [2.75, 3.05) is 0 Å². The Hall–Kier alpha value is -2.30. The van der Waals surface area contributed by atoms with Crippen LogP contribution in [0.2, 0.25) is 0 Å². The Morgan fingerprint density at radius 2 is 1.32 bits per heavy atom. The lowest BCUT2D eigenvalue weighted by molar-refractivity contribution is -0.0429. The average Bonchev–Trinajstić information content (AvgIpc) is 2.44. The molecule has 4 nitrogen and oxygen atoms in total. The minimum atomic E-state index is -1.78. The van der Waals surface area contributed by atoms with E-state index in [4.69, 9.17) is 0 Å². The van der Waals surface area contributed by atoms with E-state index in [1.54, 1.807) is 24.3 Å². The Morgan fingerprint density at radius 1 is 0.737 bits per heavy atom. The number of hydrogen-bond acceptors (Lipinski definition) is 4. The standard InChI is InChI=1S/C15H10O4/c16-13-8-4-1-2-5-9(8)14(17)12-10(13)6-3-7-11(12)15(18)19/h1-7,15,18-19H. The van der Waals surface area contributed by atoms with E-state index in [1.165, 1.54) is 18.2 Å². The van der Waals surface area contributed by atoms with Crippen molar-refractivity contribution < 1.29 is 19.8 Å². The van der Waals surface area contributed by atoms with Gasteiger partial charge in [0.1, 0.15) is 0 Å². The first-order chi connectivity index (χ1) is 9.11. The van der Waals surface area contributed by atoms with Crippen molar-refractivity contribution >= 4 is 11.6 Å². The van der Waals surface area contributed by atoms with Crippen LogP contribution >= 0.6 is 0 Å². The van der Waals surface area contributed by atoms with Crippen molar-refractivity contribution in [2.45, 2.75) is 6.29 Å². The SMILES string of the molecule is O=C1c2ccccc2C(=O)c2c1cccc2C(O)O. The number of fused-ring (bicyclic) bond motifs is 2. The second-order valence-corrected chi connectivity index (χ2v) is 4.35. The fourth-order valence-corrected chi connectivity index (χ4v) is 2.39. The number of aliphatic hydroxyl groups excluding tert-OH is 1. The van der Waals surface area contributed by atoms with Gasteiger partial charge in [-0.3, -0.25) is 9.59 Å². The van der Waals surface area contributed by atoms with Crippen molar-refractivity contribution in [3.05, 3.63) is 70.3 Å². The summed E-state index contributed by atoms with van der Waals surface area (Å²) in [4.78, 5) is 24.7. The highest BCUT2D eigenvalue weighted by atomic mass is 16.5. The fourth-order valence-electron chi connectivity index (χ4n) is 2.39. The second kappa shape index (κ2) is 4.12. The Bertz CT molecular complexity index is 701. The van der Waals surface area contributed by atoms with E-state index < -0.39 is 6.29 Å². The largest absolute Gasteiger partial charge is 0.364 e. The zero-order valence-corrected chi connectivity index (χ0v) is 9.83. The van der Waals surface area contributed by atoms with E-state index >= 15 is 0 Å². The number of carbonyl (C=O) groups is 2. The molecule has 2 aromatic carbocycles. The highest BCUT2D eigenvalue weighted by molar-refractivity contribution is 6.28. The first kappa shape index (κ1) is 11.8. The number of benzene rings is 2. The van der Waals surface area contributed by atoms with Crippen molar-refractivity contribution in [3.8, 4) is 0 Å². The summed E-state index contributed by atoms with van der Waals surface area (Å²) in [6.45, 7) is 0. The maximum absolute atomic E-state index is 12.4. The lowest BCUT2D eigenvalue weighted by Crippen LogP contribution is -2.23. The van der Waals surface area contributed by atoms with E-state index in [2.05, 4.69) is 0 Å². The maximum atomic E-state index is 12.4. The molecule has 0 heterocycles. The molecule has 0 radical (unpaired) electrons. The van der Waals surface area contributed by atoms with Gasteiger partial charge in [0.2, 0.25) is 0 Å². The summed E-state index contributed by atoms with van der Waals surface area (Å²) in [6.07, 6.45) is -1.78. The number of aliphatic hydroxyl groups is 2. The lowest BCUT2D eigenvalue weighted by Gasteiger charge is -2.20. The molecule has 0 aromatic heterocycles. The summed E-state index contributed by atoms with van der Waals surface area (Å²) >= 11 is 0. The number of carbonyl (C=O) groups excluding carboxylic acids is 2. The molecule has 1 aliphatic rings. The Morgan fingerprint density at radius 3 is 1.95 bits per heavy atom. The molecule has 1 aliphatic carbocycles. The first-order valence-corrected chi connectivity index (χ1v) is 5.78. The molecule has 2 N–H and O–H groups in total. The third-order valence-corrected chi connectivity index (χ3v) is 3.26. The maximum Gasteiger partial charge on any atom is 0.194 e. The highest BCUT2D eigenvalue weighted by Crippen LogP contribution is 2.31. The van der Waals surface area contributed by atoms with Crippen LogP contribution < -0.4 is 0 Å². The molecule has 0 fully saturated rings. The summed E-state index contributed by atoms with van der Waals surface area (Å²) in [5.41, 5.74) is 1.01. The van der Waals surface area contributed by atoms with E-state index in [0.29, 0.717) is 11.1 Å². The summed E-state index contributed by atoms with van der Waals surface area (Å²) in [5.74, 6) is -0.624. The Kier molecular flexibility index (Phi) is 2.55. The number of ketones is 2. The lowest BCUT2D eigenvalue weighted by atomic mass is 9.82. The van der Waals surface area contributed by atoms with Crippen LogP contribution in [0.3, 0.4) is 0 Å². The third-order valence-electron chi connectivity index (χ3n) is 3.26. The van der Waals surface area contributed by atoms with Gasteiger partial charge in [0.25, 0.3) is 0 Å². The summed E-state index contributed by atoms with van der Waals surface area (Å²) in [6, 6.07) is 11.0. The van der Waals surface area contributed by atoms with E-state index in [-0.39, 0.29) is 28.3 Å². The molecule has 0 aliphatic heterocycles. The highest BCUT2D eigenvalue weighted by Gasteiger charge is 2.32. The van der Waals surface area contributed by atoms with Crippen LogP contribution in [0.5, 0.6) is 0 Å². The molecular formula is C15H10O4. The van der Waals surface area contributed by atoms with Gasteiger partial charge in [-0.15, -0.1) is 0 Å². The molecule has 0 amide bonds. The second-order valence-electron chi connectivity index (χ2n) is 4.35.